The SMILES string of the molecule is Cc1cc(N)ccc1NC1CCOC1C. The highest BCUT2D eigenvalue weighted by atomic mass is 16.5. The molecule has 0 aromatic heterocycles. The maximum Gasteiger partial charge on any atom is 0.0748 e. The summed E-state index contributed by atoms with van der Waals surface area (Å²) in [6.45, 7) is 5.03. The lowest BCUT2D eigenvalue weighted by Crippen LogP contribution is -2.26. The third kappa shape index (κ3) is 2.23. The van der Waals surface area contributed by atoms with E-state index in [4.69, 9.17) is 10.5 Å². The summed E-state index contributed by atoms with van der Waals surface area (Å²) in [6.07, 6.45) is 1.37. The molecule has 1 aliphatic heterocycles. The molecule has 0 radical (unpaired) electrons. The second kappa shape index (κ2) is 4.11. The van der Waals surface area contributed by atoms with E-state index in [9.17, 15) is 0 Å². The van der Waals surface area contributed by atoms with Crippen molar-refractivity contribution in [1.82, 2.24) is 0 Å². The van der Waals surface area contributed by atoms with Gasteiger partial charge < -0.3 is 15.8 Å². The van der Waals surface area contributed by atoms with Crippen LogP contribution in [0.1, 0.15) is 18.9 Å². The number of ether oxygens (including phenoxy) is 1. The van der Waals surface area contributed by atoms with Gasteiger partial charge in [-0.3, -0.25) is 0 Å². The van der Waals surface area contributed by atoms with E-state index in [1.165, 1.54) is 5.56 Å². The summed E-state index contributed by atoms with van der Waals surface area (Å²) in [7, 11) is 0. The number of rotatable bonds is 2. The van der Waals surface area contributed by atoms with Crippen LogP contribution in [0.5, 0.6) is 0 Å². The molecule has 1 aliphatic rings. The average Bonchev–Trinajstić information content (AvgIpc) is 2.57. The van der Waals surface area contributed by atoms with E-state index in [0.717, 1.165) is 24.4 Å². The normalized spacial score (nSPS) is 25.5. The van der Waals surface area contributed by atoms with Crippen molar-refractivity contribution in [3.8, 4) is 0 Å². The lowest BCUT2D eigenvalue weighted by atomic mass is 10.1. The maximum absolute atomic E-state index is 5.71. The number of nitrogens with two attached hydrogens (primary N) is 1. The highest BCUT2D eigenvalue weighted by Gasteiger charge is 2.24. The van der Waals surface area contributed by atoms with Crippen molar-refractivity contribution in [3.63, 3.8) is 0 Å². The van der Waals surface area contributed by atoms with Crippen LogP contribution in [0, 0.1) is 6.92 Å². The first-order valence-corrected chi connectivity index (χ1v) is 5.41. The van der Waals surface area contributed by atoms with Crippen molar-refractivity contribution in [2.45, 2.75) is 32.4 Å². The predicted octanol–water partition coefficient (Wildman–Crippen LogP) is 2.17. The molecule has 2 rings (SSSR count). The van der Waals surface area contributed by atoms with Gasteiger partial charge in [0, 0.05) is 18.0 Å². The summed E-state index contributed by atoms with van der Waals surface area (Å²) in [6, 6.07) is 6.38. The number of hydrogen-bond acceptors (Lipinski definition) is 3. The molecule has 0 saturated carbocycles. The monoisotopic (exact) mass is 206 g/mol. The standard InChI is InChI=1S/C12H18N2O/c1-8-7-10(13)3-4-11(8)14-12-5-6-15-9(12)2/h3-4,7,9,12,14H,5-6,13H2,1-2H3. The van der Waals surface area contributed by atoms with E-state index >= 15 is 0 Å². The molecule has 82 valence electrons. The zero-order valence-electron chi connectivity index (χ0n) is 9.29. The van der Waals surface area contributed by atoms with Gasteiger partial charge in [0.2, 0.25) is 0 Å². The minimum atomic E-state index is 0.293. The second-order valence-corrected chi connectivity index (χ2v) is 4.19. The van der Waals surface area contributed by atoms with Crippen molar-refractivity contribution in [1.29, 1.82) is 0 Å². The second-order valence-electron chi connectivity index (χ2n) is 4.19. The molecule has 2 unspecified atom stereocenters. The summed E-state index contributed by atoms with van der Waals surface area (Å²) in [5.74, 6) is 0. The first-order chi connectivity index (χ1) is 7.16. The molecular formula is C12H18N2O. The van der Waals surface area contributed by atoms with E-state index in [-0.39, 0.29) is 0 Å². The van der Waals surface area contributed by atoms with Crippen molar-refractivity contribution in [2.75, 3.05) is 17.7 Å². The number of hydrogen-bond donors (Lipinski definition) is 2. The number of anilines is 2. The van der Waals surface area contributed by atoms with Gasteiger partial charge in [-0.05, 0) is 44.0 Å². The number of benzene rings is 1. The number of nitrogens with one attached hydrogen (secondary N) is 1. The minimum absolute atomic E-state index is 0.293. The van der Waals surface area contributed by atoms with Gasteiger partial charge in [-0.15, -0.1) is 0 Å². The summed E-state index contributed by atoms with van der Waals surface area (Å²) in [5.41, 5.74) is 8.87. The summed E-state index contributed by atoms with van der Waals surface area (Å²) in [4.78, 5) is 0. The molecule has 0 aliphatic carbocycles. The van der Waals surface area contributed by atoms with E-state index in [0.29, 0.717) is 12.1 Å². The van der Waals surface area contributed by atoms with Crippen LogP contribution in [0.4, 0.5) is 11.4 Å². The first-order valence-electron chi connectivity index (χ1n) is 5.41. The lowest BCUT2D eigenvalue weighted by molar-refractivity contribution is 0.121. The molecule has 0 amide bonds. The Labute approximate surface area is 90.6 Å². The van der Waals surface area contributed by atoms with Crippen molar-refractivity contribution >= 4 is 11.4 Å². The molecule has 1 fully saturated rings. The molecule has 1 heterocycles. The number of aryl methyl sites for hydroxylation is 1. The number of nitrogen functional groups attached to an aromatic ring is 1. The van der Waals surface area contributed by atoms with Gasteiger partial charge in [-0.2, -0.15) is 0 Å². The Balaban J connectivity index is 2.10. The van der Waals surface area contributed by atoms with Crippen LogP contribution in [0.3, 0.4) is 0 Å². The Morgan fingerprint density at radius 2 is 2.27 bits per heavy atom. The molecular weight excluding hydrogens is 188 g/mol. The Hall–Kier alpha value is -1.22. The van der Waals surface area contributed by atoms with Crippen LogP contribution < -0.4 is 11.1 Å². The minimum Gasteiger partial charge on any atom is -0.399 e. The van der Waals surface area contributed by atoms with Gasteiger partial charge in [-0.25, -0.2) is 0 Å². The highest BCUT2D eigenvalue weighted by Crippen LogP contribution is 2.22. The fraction of sp³-hybridized carbons (Fsp3) is 0.500. The maximum atomic E-state index is 5.71. The molecule has 3 N–H and O–H groups in total. The summed E-state index contributed by atoms with van der Waals surface area (Å²) >= 11 is 0. The van der Waals surface area contributed by atoms with Crippen LogP contribution in [-0.2, 0) is 4.74 Å². The zero-order valence-corrected chi connectivity index (χ0v) is 9.29. The van der Waals surface area contributed by atoms with Crippen molar-refractivity contribution in [2.24, 2.45) is 0 Å². The molecule has 3 heteroatoms. The van der Waals surface area contributed by atoms with Gasteiger partial charge >= 0.3 is 0 Å². The Kier molecular flexibility index (Phi) is 2.82. The van der Waals surface area contributed by atoms with Crippen LogP contribution in [0.25, 0.3) is 0 Å². The third-order valence-corrected chi connectivity index (χ3v) is 2.97. The van der Waals surface area contributed by atoms with Gasteiger partial charge in [-0.1, -0.05) is 0 Å². The molecule has 3 nitrogen and oxygen atoms in total. The van der Waals surface area contributed by atoms with Crippen molar-refractivity contribution in [3.05, 3.63) is 23.8 Å². The topological polar surface area (TPSA) is 47.3 Å². The molecule has 1 aromatic rings. The van der Waals surface area contributed by atoms with Crippen LogP contribution >= 0.6 is 0 Å². The van der Waals surface area contributed by atoms with E-state index in [1.807, 2.05) is 18.2 Å². The lowest BCUT2D eigenvalue weighted by Gasteiger charge is -2.19. The van der Waals surface area contributed by atoms with E-state index < -0.39 is 0 Å². The van der Waals surface area contributed by atoms with Crippen LogP contribution in [0.15, 0.2) is 18.2 Å². The molecule has 1 aromatic carbocycles. The quantitative estimate of drug-likeness (QED) is 0.729. The van der Waals surface area contributed by atoms with Crippen LogP contribution in [-0.4, -0.2) is 18.8 Å². The van der Waals surface area contributed by atoms with Gasteiger partial charge in [0.1, 0.15) is 0 Å². The highest BCUT2D eigenvalue weighted by molar-refractivity contribution is 5.58. The molecule has 1 saturated heterocycles. The van der Waals surface area contributed by atoms with E-state index in [1.54, 1.807) is 0 Å². The predicted molar refractivity (Wildman–Crippen MR) is 63.0 cm³/mol. The summed E-state index contributed by atoms with van der Waals surface area (Å²) in [5, 5.41) is 3.51. The van der Waals surface area contributed by atoms with Gasteiger partial charge in [0.15, 0.2) is 0 Å². The summed E-state index contributed by atoms with van der Waals surface area (Å²) < 4.78 is 5.51. The molecule has 2 atom stereocenters. The van der Waals surface area contributed by atoms with Crippen molar-refractivity contribution < 1.29 is 4.74 Å². The largest absolute Gasteiger partial charge is 0.399 e. The fourth-order valence-electron chi connectivity index (χ4n) is 1.97. The first kappa shape index (κ1) is 10.3. The third-order valence-electron chi connectivity index (χ3n) is 2.97. The van der Waals surface area contributed by atoms with Gasteiger partial charge in [0.25, 0.3) is 0 Å². The van der Waals surface area contributed by atoms with E-state index in [2.05, 4.69) is 19.2 Å². The fourth-order valence-corrected chi connectivity index (χ4v) is 1.97. The zero-order chi connectivity index (χ0) is 10.8. The Morgan fingerprint density at radius 1 is 1.47 bits per heavy atom. The Morgan fingerprint density at radius 3 is 2.87 bits per heavy atom. The van der Waals surface area contributed by atoms with Crippen LogP contribution in [0.2, 0.25) is 0 Å². The molecule has 0 bridgehead atoms. The Bertz CT molecular complexity index is 351. The van der Waals surface area contributed by atoms with Gasteiger partial charge in [0.05, 0.1) is 12.1 Å². The average molecular weight is 206 g/mol. The smallest absolute Gasteiger partial charge is 0.0748 e. The molecule has 15 heavy (non-hydrogen) atoms. The molecule has 0 spiro atoms.